The van der Waals surface area contributed by atoms with E-state index in [1.807, 2.05) is 32.1 Å². The van der Waals surface area contributed by atoms with E-state index in [1.54, 1.807) is 44.3 Å². The van der Waals surface area contributed by atoms with Crippen molar-refractivity contribution >= 4 is 5.78 Å². The Balaban J connectivity index is 1.87. The molecule has 0 saturated carbocycles. The molecule has 0 aromatic carbocycles. The lowest BCUT2D eigenvalue weighted by atomic mass is 10.0. The molecule has 0 bridgehead atoms. The Bertz CT molecular complexity index is 632. The normalized spacial score (nSPS) is 25.4. The maximum atomic E-state index is 11.9. The average molecular weight is 315 g/mol. The molecule has 124 valence electrons. The summed E-state index contributed by atoms with van der Waals surface area (Å²) in [7, 11) is 0. The van der Waals surface area contributed by atoms with Crippen LogP contribution in [0.1, 0.15) is 44.6 Å². The number of aromatic nitrogens is 1. The molecular formula is C19H25NO3. The highest BCUT2D eigenvalue weighted by Gasteiger charge is 2.49. The van der Waals surface area contributed by atoms with Gasteiger partial charge in [0.15, 0.2) is 0 Å². The summed E-state index contributed by atoms with van der Waals surface area (Å²) in [6, 6.07) is 3.56. The lowest BCUT2D eigenvalue weighted by Crippen LogP contribution is -2.14. The summed E-state index contributed by atoms with van der Waals surface area (Å²) in [5.74, 6) is -0.0373. The molecule has 1 aromatic rings. The third kappa shape index (κ3) is 5.34. The quantitative estimate of drug-likeness (QED) is 0.266. The number of carbonyl (C=O) groups is 1. The number of aliphatic hydroxyl groups is 1. The molecule has 1 aliphatic rings. The van der Waals surface area contributed by atoms with E-state index in [4.69, 9.17) is 4.74 Å². The Morgan fingerprint density at radius 3 is 2.87 bits per heavy atom. The van der Waals surface area contributed by atoms with Crippen LogP contribution in [0.3, 0.4) is 0 Å². The number of rotatable bonds is 7. The second-order valence-electron chi connectivity index (χ2n) is 6.81. The van der Waals surface area contributed by atoms with Crippen molar-refractivity contribution in [3.05, 3.63) is 60.0 Å². The monoisotopic (exact) mass is 315 g/mol. The van der Waals surface area contributed by atoms with Gasteiger partial charge in [-0.1, -0.05) is 24.3 Å². The van der Waals surface area contributed by atoms with Crippen LogP contribution in [-0.2, 0) is 4.74 Å². The van der Waals surface area contributed by atoms with E-state index in [1.165, 1.54) is 0 Å². The zero-order valence-corrected chi connectivity index (χ0v) is 14.2. The number of aromatic amines is 1. The van der Waals surface area contributed by atoms with E-state index < -0.39 is 5.60 Å². The maximum absolute atomic E-state index is 11.9. The van der Waals surface area contributed by atoms with Crippen LogP contribution in [0.15, 0.2) is 54.3 Å². The number of carbonyl (C=O) groups excluding carboxylic acids is 1. The van der Waals surface area contributed by atoms with Crippen LogP contribution in [-0.4, -0.2) is 33.2 Å². The van der Waals surface area contributed by atoms with Gasteiger partial charge in [-0.15, -0.1) is 0 Å². The van der Waals surface area contributed by atoms with Crippen molar-refractivity contribution in [2.24, 2.45) is 0 Å². The first-order valence-corrected chi connectivity index (χ1v) is 7.82. The molecule has 0 radical (unpaired) electrons. The number of hydrogen-bond acceptors (Lipinski definition) is 3. The SMILES string of the molecule is CC(C=CC1OC1(C)CC=CC(C)(C)O)=CC(=O)c1ccc[nH]1. The maximum Gasteiger partial charge on any atom is 0.202 e. The molecule has 2 N–H and O–H groups in total. The smallest absolute Gasteiger partial charge is 0.202 e. The van der Waals surface area contributed by atoms with Gasteiger partial charge in [-0.3, -0.25) is 4.79 Å². The highest BCUT2D eigenvalue weighted by atomic mass is 16.6. The Labute approximate surface area is 137 Å². The Morgan fingerprint density at radius 2 is 2.26 bits per heavy atom. The highest BCUT2D eigenvalue weighted by Crippen LogP contribution is 2.40. The second kappa shape index (κ2) is 6.69. The lowest BCUT2D eigenvalue weighted by molar-refractivity contribution is 0.104. The van der Waals surface area contributed by atoms with Gasteiger partial charge in [-0.25, -0.2) is 0 Å². The molecule has 2 atom stereocenters. The van der Waals surface area contributed by atoms with E-state index in [0.717, 1.165) is 12.0 Å². The molecule has 0 spiro atoms. The first-order chi connectivity index (χ1) is 10.7. The summed E-state index contributed by atoms with van der Waals surface area (Å²) in [6.07, 6.45) is 11.7. The van der Waals surface area contributed by atoms with Crippen LogP contribution in [0.25, 0.3) is 0 Å². The number of ether oxygens (including phenoxy) is 1. The summed E-state index contributed by atoms with van der Waals surface area (Å²) in [4.78, 5) is 14.8. The number of allylic oxidation sites excluding steroid dienone is 3. The lowest BCUT2D eigenvalue weighted by Gasteiger charge is -2.10. The number of epoxide rings is 1. The molecular weight excluding hydrogens is 290 g/mol. The fourth-order valence-electron chi connectivity index (χ4n) is 2.30. The van der Waals surface area contributed by atoms with Crippen molar-refractivity contribution in [1.82, 2.24) is 4.98 Å². The Kier molecular flexibility index (Phi) is 5.07. The van der Waals surface area contributed by atoms with Crippen molar-refractivity contribution in [3.8, 4) is 0 Å². The van der Waals surface area contributed by atoms with Crippen LogP contribution in [0.2, 0.25) is 0 Å². The molecule has 1 fully saturated rings. The van der Waals surface area contributed by atoms with Crippen LogP contribution in [0.4, 0.5) is 0 Å². The average Bonchev–Trinajstić information content (AvgIpc) is 2.88. The summed E-state index contributed by atoms with van der Waals surface area (Å²) < 4.78 is 5.71. The summed E-state index contributed by atoms with van der Waals surface area (Å²) in [5, 5.41) is 9.66. The minimum absolute atomic E-state index is 0.0373. The van der Waals surface area contributed by atoms with Gasteiger partial charge in [0, 0.05) is 6.20 Å². The number of hydrogen-bond donors (Lipinski definition) is 2. The van der Waals surface area contributed by atoms with E-state index in [2.05, 4.69) is 4.98 Å². The number of H-pyrrole nitrogens is 1. The largest absolute Gasteiger partial charge is 0.386 e. The Morgan fingerprint density at radius 1 is 1.52 bits per heavy atom. The van der Waals surface area contributed by atoms with Crippen LogP contribution in [0, 0.1) is 0 Å². The van der Waals surface area contributed by atoms with Crippen molar-refractivity contribution in [2.75, 3.05) is 0 Å². The minimum Gasteiger partial charge on any atom is -0.386 e. The molecule has 4 heteroatoms. The van der Waals surface area contributed by atoms with Gasteiger partial charge in [0.2, 0.25) is 5.78 Å². The molecule has 1 aliphatic heterocycles. The third-order valence-electron chi connectivity index (χ3n) is 3.75. The van der Waals surface area contributed by atoms with Gasteiger partial charge in [-0.05, 0) is 57.9 Å². The van der Waals surface area contributed by atoms with E-state index >= 15 is 0 Å². The van der Waals surface area contributed by atoms with Crippen LogP contribution >= 0.6 is 0 Å². The fraction of sp³-hybridized carbons (Fsp3) is 0.421. The molecule has 1 aromatic heterocycles. The molecule has 0 aliphatic carbocycles. The summed E-state index contributed by atoms with van der Waals surface area (Å²) >= 11 is 0. The van der Waals surface area contributed by atoms with Crippen LogP contribution in [0.5, 0.6) is 0 Å². The molecule has 2 heterocycles. The van der Waals surface area contributed by atoms with Gasteiger partial charge in [-0.2, -0.15) is 0 Å². The van der Waals surface area contributed by atoms with E-state index in [0.29, 0.717) is 5.69 Å². The summed E-state index contributed by atoms with van der Waals surface area (Å²) in [5.41, 5.74) is 0.451. The zero-order valence-electron chi connectivity index (χ0n) is 14.2. The number of ketones is 1. The van der Waals surface area contributed by atoms with Gasteiger partial charge in [0.1, 0.15) is 6.10 Å². The topological polar surface area (TPSA) is 65.6 Å². The highest BCUT2D eigenvalue weighted by molar-refractivity contribution is 6.03. The first-order valence-electron chi connectivity index (χ1n) is 7.82. The first kappa shape index (κ1) is 17.4. The predicted molar refractivity (Wildman–Crippen MR) is 91.4 cm³/mol. The summed E-state index contributed by atoms with van der Waals surface area (Å²) in [6.45, 7) is 7.42. The van der Waals surface area contributed by atoms with Gasteiger partial charge >= 0.3 is 0 Å². The third-order valence-corrected chi connectivity index (χ3v) is 3.75. The van der Waals surface area contributed by atoms with Crippen molar-refractivity contribution in [1.29, 1.82) is 0 Å². The van der Waals surface area contributed by atoms with Crippen molar-refractivity contribution in [3.63, 3.8) is 0 Å². The zero-order chi connectivity index (χ0) is 17.1. The minimum atomic E-state index is -0.798. The van der Waals surface area contributed by atoms with Gasteiger partial charge < -0.3 is 14.8 Å². The molecule has 1 saturated heterocycles. The Hall–Kier alpha value is -1.91. The van der Waals surface area contributed by atoms with Gasteiger partial charge in [0.05, 0.1) is 16.9 Å². The van der Waals surface area contributed by atoms with Gasteiger partial charge in [0.25, 0.3) is 0 Å². The second-order valence-corrected chi connectivity index (χ2v) is 6.81. The van der Waals surface area contributed by atoms with Crippen LogP contribution < -0.4 is 0 Å². The standard InChI is InChI=1S/C19H25NO3/c1-14(13-16(21)15-7-5-12-20-15)8-9-17-19(4,23-17)11-6-10-18(2,3)22/h5-10,12-13,17,20,22H,11H2,1-4H3. The van der Waals surface area contributed by atoms with Crippen molar-refractivity contribution < 1.29 is 14.6 Å². The molecule has 0 amide bonds. The van der Waals surface area contributed by atoms with E-state index in [-0.39, 0.29) is 17.5 Å². The predicted octanol–water partition coefficient (Wildman–Crippen LogP) is 3.57. The molecule has 23 heavy (non-hydrogen) atoms. The molecule has 2 unspecified atom stereocenters. The number of nitrogens with one attached hydrogen (secondary N) is 1. The van der Waals surface area contributed by atoms with E-state index in [9.17, 15) is 9.90 Å². The fourth-order valence-corrected chi connectivity index (χ4v) is 2.30. The molecule has 2 rings (SSSR count). The van der Waals surface area contributed by atoms with Crippen molar-refractivity contribution in [2.45, 2.75) is 51.4 Å². The molecule has 4 nitrogen and oxygen atoms in total.